The maximum atomic E-state index is 12.4. The molecule has 3 rings (SSSR count). The summed E-state index contributed by atoms with van der Waals surface area (Å²) in [5.41, 5.74) is 2.54. The van der Waals surface area contributed by atoms with E-state index in [9.17, 15) is 9.59 Å². The Bertz CT molecular complexity index is 934. The Hall–Kier alpha value is -3.41. The highest BCUT2D eigenvalue weighted by Gasteiger charge is 2.25. The molecule has 6 heteroatoms. The van der Waals surface area contributed by atoms with Gasteiger partial charge in [0.2, 0.25) is 0 Å². The normalized spacial score (nSPS) is 10.4. The first kappa shape index (κ1) is 18.4. The number of carbonyl (C=O) groups excluding carboxylic acids is 2. The molecule has 0 amide bonds. The molecule has 0 unspecified atom stereocenters. The van der Waals surface area contributed by atoms with Crippen LogP contribution in [0.25, 0.3) is 0 Å². The van der Waals surface area contributed by atoms with Gasteiger partial charge in [-0.2, -0.15) is 5.10 Å². The Kier molecular flexibility index (Phi) is 5.66. The highest BCUT2D eigenvalue weighted by molar-refractivity contribution is 5.95. The zero-order chi connectivity index (χ0) is 19.2. The van der Waals surface area contributed by atoms with Gasteiger partial charge in [0.1, 0.15) is 18.9 Å². The van der Waals surface area contributed by atoms with E-state index in [1.807, 2.05) is 60.7 Å². The van der Waals surface area contributed by atoms with E-state index >= 15 is 0 Å². The van der Waals surface area contributed by atoms with Crippen LogP contribution in [0.15, 0.2) is 60.7 Å². The molecule has 6 nitrogen and oxygen atoms in total. The van der Waals surface area contributed by atoms with E-state index in [0.29, 0.717) is 5.56 Å². The summed E-state index contributed by atoms with van der Waals surface area (Å²) in [4.78, 5) is 24.8. The van der Waals surface area contributed by atoms with Crippen LogP contribution in [0.5, 0.6) is 0 Å². The molecule has 0 radical (unpaired) electrons. The molecule has 0 spiro atoms. The van der Waals surface area contributed by atoms with Crippen molar-refractivity contribution in [3.05, 3.63) is 88.7 Å². The molecule has 2 aromatic carbocycles. The molecule has 0 N–H and O–H groups in total. The van der Waals surface area contributed by atoms with Gasteiger partial charge in [0.25, 0.3) is 0 Å². The molecule has 0 aliphatic carbocycles. The van der Waals surface area contributed by atoms with Crippen molar-refractivity contribution in [3.8, 4) is 0 Å². The molecule has 27 heavy (non-hydrogen) atoms. The Morgan fingerprint density at radius 3 is 1.85 bits per heavy atom. The van der Waals surface area contributed by atoms with Gasteiger partial charge in [-0.25, -0.2) is 9.59 Å². The maximum Gasteiger partial charge on any atom is 0.359 e. The smallest absolute Gasteiger partial charge is 0.359 e. The van der Waals surface area contributed by atoms with Crippen molar-refractivity contribution >= 4 is 11.9 Å². The van der Waals surface area contributed by atoms with Crippen molar-refractivity contribution < 1.29 is 19.1 Å². The van der Waals surface area contributed by atoms with Crippen LogP contribution in [0.4, 0.5) is 0 Å². The van der Waals surface area contributed by atoms with Crippen molar-refractivity contribution in [1.29, 1.82) is 0 Å². The Labute approximate surface area is 157 Å². The first-order chi connectivity index (χ1) is 13.1. The van der Waals surface area contributed by atoms with Crippen molar-refractivity contribution in [1.82, 2.24) is 9.78 Å². The average Bonchev–Trinajstić information content (AvgIpc) is 3.00. The molecule has 0 fully saturated rings. The highest BCUT2D eigenvalue weighted by atomic mass is 16.5. The minimum Gasteiger partial charge on any atom is -0.456 e. The second-order valence-electron chi connectivity index (χ2n) is 6.07. The van der Waals surface area contributed by atoms with E-state index in [2.05, 4.69) is 5.10 Å². The summed E-state index contributed by atoms with van der Waals surface area (Å²) in [7, 11) is 1.60. The topological polar surface area (TPSA) is 70.4 Å². The number of rotatable bonds is 6. The van der Waals surface area contributed by atoms with Crippen LogP contribution < -0.4 is 0 Å². The van der Waals surface area contributed by atoms with Crippen molar-refractivity contribution in [2.24, 2.45) is 7.05 Å². The van der Waals surface area contributed by atoms with Gasteiger partial charge in [0.15, 0.2) is 5.69 Å². The van der Waals surface area contributed by atoms with Crippen LogP contribution in [-0.4, -0.2) is 21.7 Å². The first-order valence-corrected chi connectivity index (χ1v) is 8.52. The zero-order valence-corrected chi connectivity index (χ0v) is 15.2. The average molecular weight is 364 g/mol. The largest absolute Gasteiger partial charge is 0.456 e. The SMILES string of the molecule is Cc1c(C(=O)OCc2ccccc2)nn(C)c1C(=O)OCc1ccccc1. The van der Waals surface area contributed by atoms with E-state index in [0.717, 1.165) is 11.1 Å². The van der Waals surface area contributed by atoms with Crippen molar-refractivity contribution in [2.45, 2.75) is 20.1 Å². The second kappa shape index (κ2) is 8.31. The number of hydrogen-bond acceptors (Lipinski definition) is 5. The molecule has 3 aromatic rings. The third kappa shape index (κ3) is 4.41. The number of carbonyl (C=O) groups is 2. The Balaban J connectivity index is 1.68. The van der Waals surface area contributed by atoms with Gasteiger partial charge in [0, 0.05) is 12.6 Å². The first-order valence-electron chi connectivity index (χ1n) is 8.52. The fourth-order valence-electron chi connectivity index (χ4n) is 2.69. The summed E-state index contributed by atoms with van der Waals surface area (Å²) in [5.74, 6) is -1.11. The van der Waals surface area contributed by atoms with Gasteiger partial charge in [-0.15, -0.1) is 0 Å². The van der Waals surface area contributed by atoms with Gasteiger partial charge >= 0.3 is 11.9 Å². The number of hydrogen-bond donors (Lipinski definition) is 0. The number of esters is 2. The monoisotopic (exact) mass is 364 g/mol. The molecule has 0 atom stereocenters. The summed E-state index contributed by atoms with van der Waals surface area (Å²) in [5, 5.41) is 4.14. The lowest BCUT2D eigenvalue weighted by atomic mass is 10.2. The molecule has 0 bridgehead atoms. The number of nitrogens with zero attached hydrogens (tertiary/aromatic N) is 2. The zero-order valence-electron chi connectivity index (χ0n) is 15.2. The Morgan fingerprint density at radius 2 is 1.33 bits per heavy atom. The van der Waals surface area contributed by atoms with Crippen molar-refractivity contribution in [2.75, 3.05) is 0 Å². The third-order valence-corrected chi connectivity index (χ3v) is 4.10. The molecule has 138 valence electrons. The van der Waals surface area contributed by atoms with Gasteiger partial charge in [-0.1, -0.05) is 60.7 Å². The number of aromatic nitrogens is 2. The quantitative estimate of drug-likeness (QED) is 0.627. The predicted octanol–water partition coefficient (Wildman–Crippen LogP) is 3.44. The van der Waals surface area contributed by atoms with E-state index in [1.165, 1.54) is 4.68 Å². The maximum absolute atomic E-state index is 12.4. The van der Waals surface area contributed by atoms with Gasteiger partial charge in [-0.05, 0) is 18.1 Å². The predicted molar refractivity (Wildman–Crippen MR) is 99.1 cm³/mol. The fraction of sp³-hybridized carbons (Fsp3) is 0.190. The lowest BCUT2D eigenvalue weighted by Gasteiger charge is -2.06. The lowest BCUT2D eigenvalue weighted by Crippen LogP contribution is -2.12. The van der Waals surface area contributed by atoms with Gasteiger partial charge in [0.05, 0.1) is 0 Å². The van der Waals surface area contributed by atoms with E-state index < -0.39 is 11.9 Å². The third-order valence-electron chi connectivity index (χ3n) is 4.10. The van der Waals surface area contributed by atoms with Crippen LogP contribution >= 0.6 is 0 Å². The number of aryl methyl sites for hydroxylation is 1. The van der Waals surface area contributed by atoms with E-state index in [-0.39, 0.29) is 24.6 Å². The molecule has 0 saturated carbocycles. The molecule has 1 aromatic heterocycles. The van der Waals surface area contributed by atoms with E-state index in [1.54, 1.807) is 14.0 Å². The molecular weight excluding hydrogens is 344 g/mol. The molecule has 1 heterocycles. The second-order valence-corrected chi connectivity index (χ2v) is 6.07. The molecular formula is C21H20N2O4. The number of benzene rings is 2. The van der Waals surface area contributed by atoms with Gasteiger partial charge in [-0.3, -0.25) is 4.68 Å². The van der Waals surface area contributed by atoms with Crippen LogP contribution in [0.2, 0.25) is 0 Å². The van der Waals surface area contributed by atoms with Crippen LogP contribution in [-0.2, 0) is 29.7 Å². The van der Waals surface area contributed by atoms with Crippen LogP contribution in [0.1, 0.15) is 37.7 Å². The Morgan fingerprint density at radius 1 is 0.852 bits per heavy atom. The minimum absolute atomic E-state index is 0.111. The lowest BCUT2D eigenvalue weighted by molar-refractivity contribution is 0.0454. The van der Waals surface area contributed by atoms with E-state index in [4.69, 9.17) is 9.47 Å². The van der Waals surface area contributed by atoms with Gasteiger partial charge < -0.3 is 9.47 Å². The minimum atomic E-state index is -0.575. The highest BCUT2D eigenvalue weighted by Crippen LogP contribution is 2.16. The fourth-order valence-corrected chi connectivity index (χ4v) is 2.69. The standard InChI is InChI=1S/C21H20N2O4/c1-15-18(20(24)26-13-16-9-5-3-6-10-16)22-23(2)19(15)21(25)27-14-17-11-7-4-8-12-17/h3-12H,13-14H2,1-2H3. The molecule has 0 saturated heterocycles. The number of ether oxygens (including phenoxy) is 2. The van der Waals surface area contributed by atoms with Crippen molar-refractivity contribution in [3.63, 3.8) is 0 Å². The summed E-state index contributed by atoms with van der Waals surface area (Å²) in [6, 6.07) is 18.7. The summed E-state index contributed by atoms with van der Waals surface area (Å²) in [6.07, 6.45) is 0. The summed E-state index contributed by atoms with van der Waals surface area (Å²) >= 11 is 0. The van der Waals surface area contributed by atoms with Crippen LogP contribution in [0.3, 0.4) is 0 Å². The molecule has 0 aliphatic rings. The van der Waals surface area contributed by atoms with Crippen LogP contribution in [0, 0.1) is 6.92 Å². The molecule has 0 aliphatic heterocycles. The summed E-state index contributed by atoms with van der Waals surface area (Å²) in [6.45, 7) is 1.95. The summed E-state index contributed by atoms with van der Waals surface area (Å²) < 4.78 is 12.0.